The first kappa shape index (κ1) is 7.95. The van der Waals surface area contributed by atoms with Gasteiger partial charge >= 0.3 is 0 Å². The molecule has 0 saturated heterocycles. The summed E-state index contributed by atoms with van der Waals surface area (Å²) in [4.78, 5) is 0.934. The summed E-state index contributed by atoms with van der Waals surface area (Å²) in [7, 11) is 0. The van der Waals surface area contributed by atoms with Crippen molar-refractivity contribution in [1.82, 2.24) is 0 Å². The minimum Gasteiger partial charge on any atom is -0.499 e. The van der Waals surface area contributed by atoms with Gasteiger partial charge in [-0.3, -0.25) is 0 Å². The monoisotopic (exact) mass is 196 g/mol. The predicted molar refractivity (Wildman–Crippen MR) is 55.5 cm³/mol. The molecular weight excluding hydrogens is 188 g/mol. The highest BCUT2D eigenvalue weighted by Gasteiger charge is 2.05. The van der Waals surface area contributed by atoms with Gasteiger partial charge in [-0.2, -0.15) is 0 Å². The molecule has 0 fully saturated rings. The van der Waals surface area contributed by atoms with Crippen molar-refractivity contribution in [2.45, 2.75) is 11.8 Å². The molecular formula is C9H8OS2. The van der Waals surface area contributed by atoms with E-state index in [0.717, 1.165) is 20.5 Å². The molecule has 3 heteroatoms. The van der Waals surface area contributed by atoms with E-state index in [4.69, 9.17) is 0 Å². The Bertz CT molecular complexity index is 431. The van der Waals surface area contributed by atoms with E-state index in [2.05, 4.69) is 12.6 Å². The lowest BCUT2D eigenvalue weighted by molar-refractivity contribution is 0.487. The van der Waals surface area contributed by atoms with Gasteiger partial charge in [0.15, 0.2) is 5.06 Å². The quantitative estimate of drug-likeness (QED) is 0.620. The van der Waals surface area contributed by atoms with Gasteiger partial charge in [0, 0.05) is 20.5 Å². The lowest BCUT2D eigenvalue weighted by Gasteiger charge is -1.92. The number of aryl methyl sites for hydroxylation is 1. The van der Waals surface area contributed by atoms with Crippen LogP contribution in [0.5, 0.6) is 5.06 Å². The Hall–Kier alpha value is -0.670. The SMILES string of the molecule is Cc1c(O)sc2ccc(S)cc12. The van der Waals surface area contributed by atoms with Crippen LogP contribution in [0, 0.1) is 6.92 Å². The Labute approximate surface area is 80.1 Å². The van der Waals surface area contributed by atoms with Gasteiger partial charge in [-0.1, -0.05) is 11.3 Å². The zero-order valence-electron chi connectivity index (χ0n) is 6.53. The molecule has 0 saturated carbocycles. The smallest absolute Gasteiger partial charge is 0.175 e. The first-order chi connectivity index (χ1) is 5.68. The van der Waals surface area contributed by atoms with E-state index in [9.17, 15) is 5.11 Å². The molecule has 1 aromatic heterocycles. The summed E-state index contributed by atoms with van der Waals surface area (Å²) in [6.45, 7) is 1.92. The highest BCUT2D eigenvalue weighted by Crippen LogP contribution is 2.36. The Morgan fingerprint density at radius 2 is 2.17 bits per heavy atom. The van der Waals surface area contributed by atoms with Crippen molar-refractivity contribution in [2.24, 2.45) is 0 Å². The Kier molecular flexibility index (Phi) is 1.77. The van der Waals surface area contributed by atoms with Crippen molar-refractivity contribution < 1.29 is 5.11 Å². The molecule has 2 aromatic rings. The third kappa shape index (κ3) is 1.09. The van der Waals surface area contributed by atoms with Gasteiger partial charge < -0.3 is 5.11 Å². The topological polar surface area (TPSA) is 20.2 Å². The molecule has 2 rings (SSSR count). The van der Waals surface area contributed by atoms with E-state index >= 15 is 0 Å². The highest BCUT2D eigenvalue weighted by molar-refractivity contribution is 7.80. The Morgan fingerprint density at radius 3 is 2.92 bits per heavy atom. The summed E-state index contributed by atoms with van der Waals surface area (Å²) in [6, 6.07) is 5.89. The summed E-state index contributed by atoms with van der Waals surface area (Å²) in [6.07, 6.45) is 0. The maximum Gasteiger partial charge on any atom is 0.175 e. The van der Waals surface area contributed by atoms with E-state index in [1.807, 2.05) is 25.1 Å². The standard InChI is InChI=1S/C9H8OS2/c1-5-7-4-6(11)2-3-8(7)12-9(5)10/h2-4,10-11H,1H3. The number of hydrogen-bond donors (Lipinski definition) is 2. The first-order valence-corrected chi connectivity index (χ1v) is 4.86. The van der Waals surface area contributed by atoms with E-state index in [1.165, 1.54) is 11.3 Å². The molecule has 1 aromatic carbocycles. The second-order valence-electron chi connectivity index (χ2n) is 2.71. The van der Waals surface area contributed by atoms with Crippen LogP contribution in [-0.2, 0) is 0 Å². The number of fused-ring (bicyclic) bond motifs is 1. The summed E-state index contributed by atoms with van der Waals surface area (Å²) >= 11 is 5.65. The number of thiol groups is 1. The zero-order valence-corrected chi connectivity index (χ0v) is 8.25. The minimum absolute atomic E-state index is 0.406. The number of hydrogen-bond acceptors (Lipinski definition) is 3. The summed E-state index contributed by atoms with van der Waals surface area (Å²) in [5, 5.41) is 10.9. The molecule has 0 aliphatic heterocycles. The van der Waals surface area contributed by atoms with Crippen LogP contribution in [0.2, 0.25) is 0 Å². The summed E-state index contributed by atoms with van der Waals surface area (Å²) in [5.41, 5.74) is 0.950. The van der Waals surface area contributed by atoms with Gasteiger partial charge in [-0.25, -0.2) is 0 Å². The molecule has 0 atom stereocenters. The van der Waals surface area contributed by atoms with E-state index < -0.39 is 0 Å². The predicted octanol–water partition coefficient (Wildman–Crippen LogP) is 3.20. The van der Waals surface area contributed by atoms with Crippen molar-refractivity contribution in [2.75, 3.05) is 0 Å². The number of thiophene rings is 1. The molecule has 0 aliphatic rings. The Balaban J connectivity index is 2.88. The maximum atomic E-state index is 9.43. The molecule has 12 heavy (non-hydrogen) atoms. The maximum absolute atomic E-state index is 9.43. The van der Waals surface area contributed by atoms with Crippen LogP contribution in [0.1, 0.15) is 5.56 Å². The van der Waals surface area contributed by atoms with Gasteiger partial charge in [0.05, 0.1) is 0 Å². The van der Waals surface area contributed by atoms with Crippen LogP contribution in [0.25, 0.3) is 10.1 Å². The van der Waals surface area contributed by atoms with Gasteiger partial charge in [0.25, 0.3) is 0 Å². The first-order valence-electron chi connectivity index (χ1n) is 3.59. The lowest BCUT2D eigenvalue weighted by Crippen LogP contribution is -1.68. The molecule has 0 spiro atoms. The van der Waals surface area contributed by atoms with Gasteiger partial charge in [0.1, 0.15) is 0 Å². The summed E-state index contributed by atoms with van der Waals surface area (Å²) < 4.78 is 1.11. The van der Waals surface area contributed by atoms with E-state index in [0.29, 0.717) is 5.06 Å². The molecule has 62 valence electrons. The minimum atomic E-state index is 0.406. The third-order valence-corrected chi connectivity index (χ3v) is 3.25. The highest BCUT2D eigenvalue weighted by atomic mass is 32.1. The lowest BCUT2D eigenvalue weighted by atomic mass is 10.2. The number of aromatic hydroxyl groups is 1. The molecule has 0 radical (unpaired) electrons. The van der Waals surface area contributed by atoms with Gasteiger partial charge in [-0.15, -0.1) is 12.6 Å². The van der Waals surface area contributed by atoms with Gasteiger partial charge in [-0.05, 0) is 25.1 Å². The average molecular weight is 196 g/mol. The fourth-order valence-electron chi connectivity index (χ4n) is 1.20. The average Bonchev–Trinajstić information content (AvgIpc) is 2.31. The summed E-state index contributed by atoms with van der Waals surface area (Å²) in [5.74, 6) is 0. The van der Waals surface area contributed by atoms with Crippen LogP contribution in [-0.4, -0.2) is 5.11 Å². The van der Waals surface area contributed by atoms with Gasteiger partial charge in [0.2, 0.25) is 0 Å². The zero-order chi connectivity index (χ0) is 8.72. The molecule has 0 unspecified atom stereocenters. The van der Waals surface area contributed by atoms with Crippen molar-refractivity contribution in [3.05, 3.63) is 23.8 Å². The fraction of sp³-hybridized carbons (Fsp3) is 0.111. The van der Waals surface area contributed by atoms with E-state index in [-0.39, 0.29) is 0 Å². The largest absolute Gasteiger partial charge is 0.499 e. The van der Waals surface area contributed by atoms with Crippen molar-refractivity contribution in [1.29, 1.82) is 0 Å². The second kappa shape index (κ2) is 2.68. The van der Waals surface area contributed by atoms with Crippen molar-refractivity contribution in [3.8, 4) is 5.06 Å². The molecule has 0 aliphatic carbocycles. The molecule has 0 bridgehead atoms. The third-order valence-electron chi connectivity index (χ3n) is 1.89. The van der Waals surface area contributed by atoms with E-state index in [1.54, 1.807) is 0 Å². The molecule has 1 heterocycles. The molecule has 1 nitrogen and oxygen atoms in total. The normalized spacial score (nSPS) is 10.8. The number of benzene rings is 1. The molecule has 0 amide bonds. The fourth-order valence-corrected chi connectivity index (χ4v) is 2.33. The van der Waals surface area contributed by atoms with Crippen LogP contribution in [0.4, 0.5) is 0 Å². The second-order valence-corrected chi connectivity index (χ2v) is 4.26. The van der Waals surface area contributed by atoms with Crippen molar-refractivity contribution in [3.63, 3.8) is 0 Å². The molecule has 1 N–H and O–H groups in total. The number of rotatable bonds is 0. The van der Waals surface area contributed by atoms with Crippen LogP contribution in [0.3, 0.4) is 0 Å². The van der Waals surface area contributed by atoms with Crippen LogP contribution < -0.4 is 0 Å². The Morgan fingerprint density at radius 1 is 1.42 bits per heavy atom. The van der Waals surface area contributed by atoms with Crippen LogP contribution in [0.15, 0.2) is 23.1 Å². The van der Waals surface area contributed by atoms with Crippen molar-refractivity contribution >= 4 is 34.1 Å². The van der Waals surface area contributed by atoms with Crippen LogP contribution >= 0.6 is 24.0 Å².